The summed E-state index contributed by atoms with van der Waals surface area (Å²) in [7, 11) is 0. The van der Waals surface area contributed by atoms with Crippen molar-refractivity contribution in [3.63, 3.8) is 0 Å². The fourth-order valence-electron chi connectivity index (χ4n) is 5.10. The van der Waals surface area contributed by atoms with E-state index in [1.165, 1.54) is 6.07 Å². The Hall–Kier alpha value is -3.94. The van der Waals surface area contributed by atoms with Gasteiger partial charge in [-0.1, -0.05) is 6.07 Å². The maximum Gasteiger partial charge on any atom is 0.358 e. The van der Waals surface area contributed by atoms with Gasteiger partial charge in [-0.15, -0.1) is 0 Å². The monoisotopic (exact) mass is 473 g/mol. The molecule has 6 rings (SSSR count). The Morgan fingerprint density at radius 2 is 2.00 bits per heavy atom. The number of fused-ring (bicyclic) bond motifs is 3. The van der Waals surface area contributed by atoms with Gasteiger partial charge in [-0.3, -0.25) is 9.38 Å². The molecule has 0 fully saturated rings. The molecule has 0 saturated heterocycles. The summed E-state index contributed by atoms with van der Waals surface area (Å²) in [5, 5.41) is 0. The molecular weight excluding hydrogens is 449 g/mol. The molecule has 0 spiro atoms. The molecule has 0 unspecified atom stereocenters. The number of imidazole rings is 1. The first-order chi connectivity index (χ1) is 17.0. The molecule has 0 amide bonds. The number of aromatic nitrogens is 3. The van der Waals surface area contributed by atoms with Crippen LogP contribution in [-0.2, 0) is 17.6 Å². The number of halogens is 1. The predicted octanol–water partition coefficient (Wildman–Crippen LogP) is 4.67. The van der Waals surface area contributed by atoms with Crippen LogP contribution in [-0.4, -0.2) is 40.2 Å². The van der Waals surface area contributed by atoms with E-state index in [-0.39, 0.29) is 24.0 Å². The van der Waals surface area contributed by atoms with Gasteiger partial charge in [-0.05, 0) is 56.5 Å². The van der Waals surface area contributed by atoms with Crippen LogP contribution in [0, 0.1) is 12.7 Å². The van der Waals surface area contributed by atoms with E-state index >= 15 is 0 Å². The number of ether oxygens (including phenoxy) is 3. The van der Waals surface area contributed by atoms with Crippen LogP contribution in [0.5, 0.6) is 11.5 Å². The van der Waals surface area contributed by atoms with Gasteiger partial charge in [0, 0.05) is 34.8 Å². The molecule has 0 bridgehead atoms. The molecule has 3 aromatic heterocycles. The Labute approximate surface area is 201 Å². The van der Waals surface area contributed by atoms with Gasteiger partial charge in [0.25, 0.3) is 0 Å². The Balaban J connectivity index is 1.56. The maximum absolute atomic E-state index is 14.9. The number of nitrogens with zero attached hydrogens (tertiary/aromatic N) is 3. The van der Waals surface area contributed by atoms with E-state index in [2.05, 4.69) is 9.97 Å². The predicted molar refractivity (Wildman–Crippen MR) is 127 cm³/mol. The second-order valence-electron chi connectivity index (χ2n) is 8.80. The number of pyridine rings is 2. The van der Waals surface area contributed by atoms with Crippen molar-refractivity contribution in [2.75, 3.05) is 19.8 Å². The highest BCUT2D eigenvalue weighted by molar-refractivity contribution is 5.90. The third kappa shape index (κ3) is 3.51. The van der Waals surface area contributed by atoms with Crippen molar-refractivity contribution in [2.24, 2.45) is 0 Å². The van der Waals surface area contributed by atoms with E-state index in [1.54, 1.807) is 25.4 Å². The third-order valence-electron chi connectivity index (χ3n) is 6.74. The van der Waals surface area contributed by atoms with Gasteiger partial charge in [0.2, 0.25) is 0 Å². The van der Waals surface area contributed by atoms with Crippen LogP contribution in [0.15, 0.2) is 42.7 Å². The summed E-state index contributed by atoms with van der Waals surface area (Å²) in [6.07, 6.45) is 4.39. The molecule has 35 heavy (non-hydrogen) atoms. The minimum Gasteiger partial charge on any atom is -0.493 e. The van der Waals surface area contributed by atoms with Gasteiger partial charge in [-0.2, -0.15) is 0 Å². The SMILES string of the molecule is CCOC(=O)c1cn2c3c(cc(-c4cccnc4C)c2n1)OC[C@H]1COc2ccc(F)c(c21)CC3. The fraction of sp³-hybridized carbons (Fsp3) is 0.296. The zero-order chi connectivity index (χ0) is 24.1. The van der Waals surface area contributed by atoms with E-state index in [4.69, 9.17) is 14.2 Å². The lowest BCUT2D eigenvalue weighted by Crippen LogP contribution is -2.13. The second-order valence-corrected chi connectivity index (χ2v) is 8.80. The van der Waals surface area contributed by atoms with Crippen LogP contribution in [0.4, 0.5) is 4.39 Å². The summed E-state index contributed by atoms with van der Waals surface area (Å²) in [5.74, 6) is 0.615. The molecule has 0 saturated carbocycles. The summed E-state index contributed by atoms with van der Waals surface area (Å²) in [6, 6.07) is 8.96. The molecule has 178 valence electrons. The average molecular weight is 474 g/mol. The van der Waals surface area contributed by atoms with E-state index in [0.29, 0.717) is 43.0 Å². The van der Waals surface area contributed by atoms with Crippen molar-refractivity contribution in [2.45, 2.75) is 32.6 Å². The normalized spacial score (nSPS) is 16.4. The first kappa shape index (κ1) is 21.6. The van der Waals surface area contributed by atoms with Crippen molar-refractivity contribution in [1.29, 1.82) is 0 Å². The summed E-state index contributed by atoms with van der Waals surface area (Å²) < 4.78 is 34.2. The number of rotatable bonds is 3. The fourth-order valence-corrected chi connectivity index (χ4v) is 5.10. The van der Waals surface area contributed by atoms with Crippen molar-refractivity contribution >= 4 is 11.6 Å². The summed E-state index contributed by atoms with van der Waals surface area (Å²) in [4.78, 5) is 21.6. The number of carbonyl (C=O) groups is 1. The third-order valence-corrected chi connectivity index (χ3v) is 6.74. The van der Waals surface area contributed by atoms with Gasteiger partial charge in [0.05, 0.1) is 31.4 Å². The van der Waals surface area contributed by atoms with Gasteiger partial charge < -0.3 is 14.2 Å². The molecule has 2 aliphatic heterocycles. The first-order valence-corrected chi connectivity index (χ1v) is 11.8. The van der Waals surface area contributed by atoms with Crippen molar-refractivity contribution in [3.05, 3.63) is 76.8 Å². The van der Waals surface area contributed by atoms with E-state index < -0.39 is 5.97 Å². The zero-order valence-electron chi connectivity index (χ0n) is 19.5. The maximum atomic E-state index is 14.9. The Bertz CT molecular complexity index is 1480. The van der Waals surface area contributed by atoms with Gasteiger partial charge in [-0.25, -0.2) is 14.2 Å². The van der Waals surface area contributed by atoms with Gasteiger partial charge in [0.15, 0.2) is 5.69 Å². The Morgan fingerprint density at radius 3 is 2.80 bits per heavy atom. The number of aryl methyl sites for hydroxylation is 2. The standard InChI is InChI=1S/C27H24FN3O4/c1-3-33-27(32)21-12-31-22-8-6-18-20(28)7-9-23-25(18)16(13-34-23)14-35-24(22)11-19(26(31)30-21)17-5-4-10-29-15(17)2/h4-5,7,9-12,16H,3,6,8,13-14H2,1-2H3/t16-/m1/s1. The van der Waals surface area contributed by atoms with Crippen molar-refractivity contribution in [1.82, 2.24) is 14.4 Å². The Kier molecular flexibility index (Phi) is 5.16. The highest BCUT2D eigenvalue weighted by Crippen LogP contribution is 2.41. The van der Waals surface area contributed by atoms with Crippen LogP contribution in [0.1, 0.15) is 45.8 Å². The van der Waals surface area contributed by atoms with E-state index in [9.17, 15) is 9.18 Å². The molecule has 0 N–H and O–H groups in total. The van der Waals surface area contributed by atoms with Crippen LogP contribution in [0.3, 0.4) is 0 Å². The average Bonchev–Trinajstić information content (AvgIpc) is 3.48. The smallest absolute Gasteiger partial charge is 0.358 e. The molecule has 0 aliphatic carbocycles. The molecule has 1 aromatic carbocycles. The second kappa shape index (κ2) is 8.37. The van der Waals surface area contributed by atoms with Crippen molar-refractivity contribution < 1.29 is 23.4 Å². The number of hydrogen-bond acceptors (Lipinski definition) is 6. The molecule has 8 heteroatoms. The van der Waals surface area contributed by atoms with Crippen LogP contribution in [0.25, 0.3) is 16.8 Å². The lowest BCUT2D eigenvalue weighted by atomic mass is 9.93. The highest BCUT2D eigenvalue weighted by atomic mass is 19.1. The molecule has 7 nitrogen and oxygen atoms in total. The molecule has 2 aliphatic rings. The van der Waals surface area contributed by atoms with Crippen molar-refractivity contribution in [3.8, 4) is 22.6 Å². The molecular formula is C27H24FN3O4. The number of carbonyl (C=O) groups excluding carboxylic acids is 1. The van der Waals surface area contributed by atoms with Crippen LogP contribution in [0.2, 0.25) is 0 Å². The lowest BCUT2D eigenvalue weighted by molar-refractivity contribution is 0.0520. The molecule has 5 heterocycles. The topological polar surface area (TPSA) is 75.0 Å². The van der Waals surface area contributed by atoms with Gasteiger partial charge in [0.1, 0.15) is 23.0 Å². The number of benzene rings is 1. The van der Waals surface area contributed by atoms with Crippen LogP contribution < -0.4 is 9.47 Å². The summed E-state index contributed by atoms with van der Waals surface area (Å²) in [5.41, 5.74) is 5.73. The Morgan fingerprint density at radius 1 is 1.17 bits per heavy atom. The summed E-state index contributed by atoms with van der Waals surface area (Å²) in [6.45, 7) is 4.75. The first-order valence-electron chi connectivity index (χ1n) is 11.8. The minimum absolute atomic E-state index is 0.0567. The summed E-state index contributed by atoms with van der Waals surface area (Å²) >= 11 is 0. The lowest BCUT2D eigenvalue weighted by Gasteiger charge is -2.17. The van der Waals surface area contributed by atoms with E-state index in [1.807, 2.05) is 29.5 Å². The number of esters is 1. The quantitative estimate of drug-likeness (QED) is 0.403. The van der Waals surface area contributed by atoms with Gasteiger partial charge >= 0.3 is 5.97 Å². The zero-order valence-corrected chi connectivity index (χ0v) is 19.5. The largest absolute Gasteiger partial charge is 0.493 e. The van der Waals surface area contributed by atoms with Crippen LogP contribution >= 0.6 is 0 Å². The number of hydrogen-bond donors (Lipinski definition) is 0. The highest BCUT2D eigenvalue weighted by Gasteiger charge is 2.32. The minimum atomic E-state index is -0.490. The molecule has 0 radical (unpaired) electrons. The molecule has 4 aromatic rings. The molecule has 1 atom stereocenters. The van der Waals surface area contributed by atoms with E-state index in [0.717, 1.165) is 33.8 Å².